The normalized spacial score (nSPS) is 16.5. The zero-order chi connectivity index (χ0) is 15.5. The summed E-state index contributed by atoms with van der Waals surface area (Å²) in [4.78, 5) is 21.7. The number of morpholine rings is 1. The van der Waals surface area contributed by atoms with Gasteiger partial charge in [0.1, 0.15) is 4.83 Å². The number of hydrogen-bond donors (Lipinski definition) is 0. The van der Waals surface area contributed by atoms with Gasteiger partial charge in [-0.05, 0) is 19.9 Å². The maximum absolute atomic E-state index is 12.5. The molecule has 1 fully saturated rings. The fourth-order valence-electron chi connectivity index (χ4n) is 2.60. The van der Waals surface area contributed by atoms with E-state index in [1.807, 2.05) is 19.9 Å². The second-order valence-electron chi connectivity index (χ2n) is 5.32. The van der Waals surface area contributed by atoms with Crippen molar-refractivity contribution in [3.05, 3.63) is 21.3 Å². The zero-order valence-electron chi connectivity index (χ0n) is 13.0. The van der Waals surface area contributed by atoms with Crippen molar-refractivity contribution in [3.8, 4) is 0 Å². The lowest BCUT2D eigenvalue weighted by Crippen LogP contribution is -2.37. The molecular weight excluding hydrogens is 318 g/mol. The Morgan fingerprint density at radius 1 is 1.41 bits per heavy atom. The Balaban J connectivity index is 1.75. The molecule has 0 radical (unpaired) electrons. The van der Waals surface area contributed by atoms with Crippen LogP contribution in [-0.4, -0.2) is 53.1 Å². The zero-order valence-corrected chi connectivity index (χ0v) is 14.6. The maximum atomic E-state index is 12.5. The number of rotatable bonds is 5. The molecule has 3 rings (SSSR count). The highest BCUT2D eigenvalue weighted by Gasteiger charge is 2.14. The first-order valence-electron chi connectivity index (χ1n) is 7.63. The number of thiophene rings is 1. The number of aryl methyl sites for hydroxylation is 1. The lowest BCUT2D eigenvalue weighted by atomic mass is 10.4. The second-order valence-corrected chi connectivity index (χ2v) is 7.62. The molecule has 0 aromatic carbocycles. The van der Waals surface area contributed by atoms with Crippen LogP contribution in [0.3, 0.4) is 0 Å². The number of thioether (sulfide) groups is 1. The Labute approximate surface area is 138 Å². The molecule has 0 unspecified atom stereocenters. The van der Waals surface area contributed by atoms with E-state index >= 15 is 0 Å². The molecule has 0 amide bonds. The minimum atomic E-state index is 0.0886. The van der Waals surface area contributed by atoms with Gasteiger partial charge < -0.3 is 4.74 Å². The van der Waals surface area contributed by atoms with Crippen molar-refractivity contribution >= 4 is 33.3 Å². The van der Waals surface area contributed by atoms with Crippen LogP contribution in [0, 0.1) is 6.92 Å². The summed E-state index contributed by atoms with van der Waals surface area (Å²) in [6.07, 6.45) is 0. The van der Waals surface area contributed by atoms with Crippen molar-refractivity contribution < 1.29 is 4.74 Å². The van der Waals surface area contributed by atoms with Crippen LogP contribution in [0.1, 0.15) is 11.8 Å². The summed E-state index contributed by atoms with van der Waals surface area (Å²) >= 11 is 3.28. The summed E-state index contributed by atoms with van der Waals surface area (Å²) in [6, 6.07) is 1.95. The second kappa shape index (κ2) is 7.12. The van der Waals surface area contributed by atoms with Crippen LogP contribution in [0.4, 0.5) is 0 Å². The summed E-state index contributed by atoms with van der Waals surface area (Å²) in [6.45, 7) is 9.33. The molecule has 0 aliphatic carbocycles. The number of fused-ring (bicyclic) bond motifs is 1. The lowest BCUT2D eigenvalue weighted by Gasteiger charge is -2.26. The van der Waals surface area contributed by atoms with Gasteiger partial charge in [0.05, 0.1) is 18.6 Å². The minimum Gasteiger partial charge on any atom is -0.379 e. The first kappa shape index (κ1) is 16.0. The predicted octanol–water partition coefficient (Wildman–Crippen LogP) is 2.21. The molecule has 0 saturated carbocycles. The fourth-order valence-corrected chi connectivity index (χ4v) is 4.58. The lowest BCUT2D eigenvalue weighted by molar-refractivity contribution is 0.0410. The van der Waals surface area contributed by atoms with E-state index < -0.39 is 0 Å². The number of nitrogens with zero attached hydrogens (tertiary/aromatic N) is 3. The molecule has 5 nitrogen and oxygen atoms in total. The van der Waals surface area contributed by atoms with Crippen molar-refractivity contribution in [2.24, 2.45) is 0 Å². The van der Waals surface area contributed by atoms with Gasteiger partial charge in [0.15, 0.2) is 5.16 Å². The summed E-state index contributed by atoms with van der Waals surface area (Å²) in [5.74, 6) is 0.947. The van der Waals surface area contributed by atoms with Crippen LogP contribution >= 0.6 is 23.1 Å². The van der Waals surface area contributed by atoms with E-state index in [1.54, 1.807) is 27.7 Å². The van der Waals surface area contributed by atoms with Crippen molar-refractivity contribution in [2.45, 2.75) is 25.5 Å². The first-order valence-corrected chi connectivity index (χ1v) is 9.43. The maximum Gasteiger partial charge on any atom is 0.262 e. The summed E-state index contributed by atoms with van der Waals surface area (Å²) in [5.41, 5.74) is 0.0886. The van der Waals surface area contributed by atoms with Crippen LogP contribution in [-0.2, 0) is 11.3 Å². The Bertz CT molecular complexity index is 705. The molecule has 0 N–H and O–H groups in total. The van der Waals surface area contributed by atoms with E-state index in [0.717, 1.165) is 58.9 Å². The summed E-state index contributed by atoms with van der Waals surface area (Å²) in [5, 5.41) is 1.59. The third kappa shape index (κ3) is 3.37. The van der Waals surface area contributed by atoms with Crippen LogP contribution in [0.5, 0.6) is 0 Å². The van der Waals surface area contributed by atoms with E-state index in [4.69, 9.17) is 9.72 Å². The molecule has 7 heteroatoms. The van der Waals surface area contributed by atoms with E-state index in [1.165, 1.54) is 0 Å². The molecule has 0 spiro atoms. The molecule has 120 valence electrons. The Morgan fingerprint density at radius 3 is 2.91 bits per heavy atom. The summed E-state index contributed by atoms with van der Waals surface area (Å²) in [7, 11) is 0. The van der Waals surface area contributed by atoms with Gasteiger partial charge in [-0.3, -0.25) is 14.3 Å². The summed E-state index contributed by atoms with van der Waals surface area (Å²) < 4.78 is 7.15. The Kier molecular flexibility index (Phi) is 5.18. The quantitative estimate of drug-likeness (QED) is 0.617. The number of hydrogen-bond acceptors (Lipinski definition) is 6. The molecule has 2 aromatic rings. The average molecular weight is 339 g/mol. The molecule has 3 heterocycles. The topological polar surface area (TPSA) is 47.4 Å². The Hall–Kier alpha value is -0.890. The van der Waals surface area contributed by atoms with Gasteiger partial charge in [0.2, 0.25) is 0 Å². The monoisotopic (exact) mass is 339 g/mol. The Morgan fingerprint density at radius 2 is 2.18 bits per heavy atom. The smallest absolute Gasteiger partial charge is 0.262 e. The van der Waals surface area contributed by atoms with Gasteiger partial charge in [-0.25, -0.2) is 4.98 Å². The van der Waals surface area contributed by atoms with Gasteiger partial charge in [-0.1, -0.05) is 11.8 Å². The van der Waals surface area contributed by atoms with Crippen molar-refractivity contribution in [1.82, 2.24) is 14.5 Å². The highest BCUT2D eigenvalue weighted by atomic mass is 32.2. The fraction of sp³-hybridized carbons (Fsp3) is 0.600. The highest BCUT2D eigenvalue weighted by molar-refractivity contribution is 7.99. The molecule has 1 aliphatic rings. The average Bonchev–Trinajstić information content (AvgIpc) is 2.89. The van der Waals surface area contributed by atoms with Crippen molar-refractivity contribution in [3.63, 3.8) is 0 Å². The molecule has 0 bridgehead atoms. The van der Waals surface area contributed by atoms with Gasteiger partial charge in [0, 0.05) is 36.8 Å². The number of aromatic nitrogens is 2. The van der Waals surface area contributed by atoms with Gasteiger partial charge in [-0.15, -0.1) is 11.3 Å². The first-order chi connectivity index (χ1) is 10.7. The largest absolute Gasteiger partial charge is 0.379 e. The van der Waals surface area contributed by atoms with Crippen LogP contribution < -0.4 is 5.56 Å². The molecular formula is C15H21N3O2S2. The third-order valence-electron chi connectivity index (χ3n) is 3.80. The van der Waals surface area contributed by atoms with E-state index in [2.05, 4.69) is 4.90 Å². The van der Waals surface area contributed by atoms with Gasteiger partial charge in [-0.2, -0.15) is 0 Å². The van der Waals surface area contributed by atoms with E-state index in [-0.39, 0.29) is 5.56 Å². The van der Waals surface area contributed by atoms with Gasteiger partial charge in [0.25, 0.3) is 5.56 Å². The van der Waals surface area contributed by atoms with Crippen LogP contribution in [0.15, 0.2) is 16.0 Å². The van der Waals surface area contributed by atoms with Crippen LogP contribution in [0.2, 0.25) is 0 Å². The predicted molar refractivity (Wildman–Crippen MR) is 92.3 cm³/mol. The SMILES string of the molecule is CCn1c(SCCN2CCOCC2)nc2sc(C)cc2c1=O. The van der Waals surface area contributed by atoms with Crippen LogP contribution in [0.25, 0.3) is 10.2 Å². The molecule has 0 atom stereocenters. The third-order valence-corrected chi connectivity index (χ3v) is 5.70. The minimum absolute atomic E-state index is 0.0886. The van der Waals surface area contributed by atoms with Crippen molar-refractivity contribution in [1.29, 1.82) is 0 Å². The van der Waals surface area contributed by atoms with E-state index in [9.17, 15) is 4.79 Å². The van der Waals surface area contributed by atoms with E-state index in [0.29, 0.717) is 6.54 Å². The van der Waals surface area contributed by atoms with Crippen molar-refractivity contribution in [2.75, 3.05) is 38.6 Å². The molecule has 1 saturated heterocycles. The highest BCUT2D eigenvalue weighted by Crippen LogP contribution is 2.24. The van der Waals surface area contributed by atoms with Gasteiger partial charge >= 0.3 is 0 Å². The molecule has 22 heavy (non-hydrogen) atoms. The number of ether oxygens (including phenoxy) is 1. The molecule has 2 aromatic heterocycles. The molecule has 1 aliphatic heterocycles. The standard InChI is InChI=1S/C15H21N3O2S2/c1-3-18-14(19)12-10-11(2)22-13(12)16-15(18)21-9-6-17-4-7-20-8-5-17/h10H,3-9H2,1-2H3.